The van der Waals surface area contributed by atoms with Crippen LogP contribution in [0.5, 0.6) is 0 Å². The van der Waals surface area contributed by atoms with Crippen LogP contribution in [0.1, 0.15) is 20.8 Å². The van der Waals surface area contributed by atoms with Crippen LogP contribution in [0, 0.1) is 0 Å². The van der Waals surface area contributed by atoms with E-state index in [4.69, 9.17) is 4.74 Å². The van der Waals surface area contributed by atoms with Gasteiger partial charge < -0.3 is 4.74 Å². The van der Waals surface area contributed by atoms with Gasteiger partial charge in [0.15, 0.2) is 0 Å². The molecule has 0 aliphatic carbocycles. The van der Waals surface area contributed by atoms with Gasteiger partial charge in [0, 0.05) is 24.9 Å². The predicted octanol–water partition coefficient (Wildman–Crippen LogP) is 1.12. The molecule has 0 aromatic heterocycles. The van der Waals surface area contributed by atoms with Crippen LogP contribution in [0.25, 0.3) is 10.8 Å². The van der Waals surface area contributed by atoms with Gasteiger partial charge in [-0.05, 0) is 20.8 Å². The van der Waals surface area contributed by atoms with E-state index in [-0.39, 0.29) is 0 Å². The Balaban J connectivity index is 2.56. The van der Waals surface area contributed by atoms with Crippen molar-refractivity contribution >= 4 is 16.9 Å². The summed E-state index contributed by atoms with van der Waals surface area (Å²) in [7, 11) is 3.38. The normalized spacial score (nSPS) is 14.7. The molecule has 1 N–H and O–H groups in total. The number of nitrogens with zero attached hydrogens (tertiary/aromatic N) is 3. The third kappa shape index (κ3) is 3.21. The monoisotopic (exact) mass is 300 g/mol. The molecule has 6 heteroatoms. The molecular weight excluding hydrogens is 280 g/mol. The van der Waals surface area contributed by atoms with Crippen LogP contribution in [0.4, 0.5) is 4.79 Å². The summed E-state index contributed by atoms with van der Waals surface area (Å²) in [6.07, 6.45) is -0.609. The molecule has 0 aliphatic rings. The fourth-order valence-corrected chi connectivity index (χ4v) is 2.22. The summed E-state index contributed by atoms with van der Waals surface area (Å²) in [6.45, 7) is 5.38. The number of carbonyl (C=O) groups is 1. The summed E-state index contributed by atoms with van der Waals surface area (Å²) in [4.78, 5) is 20.3. The van der Waals surface area contributed by atoms with Crippen molar-refractivity contribution in [3.63, 3.8) is 0 Å². The van der Waals surface area contributed by atoms with Crippen LogP contribution in [-0.4, -0.2) is 25.8 Å². The smallest absolute Gasteiger partial charge is 0.428 e. The number of carbonyl (C=O) groups excluding carboxylic acids is 1. The molecule has 0 saturated heterocycles. The Kier molecular flexibility index (Phi) is 4.40. The standard InChI is InChI=1S/C16H20N4O2/c1-16(2,3)22-15(21)20-19-14-12(17-4)10-8-6-7-9-11(10)13(14)18-5/h6-9H,1-5H3,(H,20,21)/b17-12-,18-13+,19-14-. The molecule has 0 aliphatic heterocycles. The molecule has 0 heterocycles. The van der Waals surface area contributed by atoms with Crippen molar-refractivity contribution in [1.82, 2.24) is 5.43 Å². The van der Waals surface area contributed by atoms with E-state index in [9.17, 15) is 4.79 Å². The lowest BCUT2D eigenvalue weighted by Crippen LogP contribution is -2.38. The molecule has 0 bridgehead atoms. The van der Waals surface area contributed by atoms with Crippen molar-refractivity contribution in [3.05, 3.63) is 40.3 Å². The first-order chi connectivity index (χ1) is 10.4. The van der Waals surface area contributed by atoms with Gasteiger partial charge in [-0.3, -0.25) is 9.98 Å². The van der Waals surface area contributed by atoms with Crippen LogP contribution in [0.3, 0.4) is 0 Å². The highest BCUT2D eigenvalue weighted by Crippen LogP contribution is 2.06. The minimum Gasteiger partial charge on any atom is -0.443 e. The van der Waals surface area contributed by atoms with E-state index < -0.39 is 11.7 Å². The average molecular weight is 300 g/mol. The zero-order chi connectivity index (χ0) is 16.3. The number of ether oxygens (including phenoxy) is 1. The van der Waals surface area contributed by atoms with Crippen molar-refractivity contribution < 1.29 is 9.53 Å². The summed E-state index contributed by atoms with van der Waals surface area (Å²) >= 11 is 0. The topological polar surface area (TPSA) is 75.4 Å². The second kappa shape index (κ2) is 6.09. The first-order valence-electron chi connectivity index (χ1n) is 6.98. The van der Waals surface area contributed by atoms with Gasteiger partial charge in [-0.25, -0.2) is 10.2 Å². The Morgan fingerprint density at radius 2 is 1.50 bits per heavy atom. The fourth-order valence-electron chi connectivity index (χ4n) is 2.22. The number of fused-ring (bicyclic) bond motifs is 1. The van der Waals surface area contributed by atoms with Gasteiger partial charge in [-0.1, -0.05) is 24.3 Å². The highest BCUT2D eigenvalue weighted by molar-refractivity contribution is 5.83. The Bertz CT molecular complexity index is 812. The minimum atomic E-state index is -0.609. The number of rotatable bonds is 1. The largest absolute Gasteiger partial charge is 0.443 e. The summed E-state index contributed by atoms with van der Waals surface area (Å²) < 4.78 is 5.18. The SMILES string of the molecule is C\N=c1c(=N/NC(=O)OC(C)(C)C)/c(=N/C)c2ccccc/12. The van der Waals surface area contributed by atoms with Crippen molar-refractivity contribution in [3.8, 4) is 0 Å². The van der Waals surface area contributed by atoms with Crippen LogP contribution in [0.2, 0.25) is 0 Å². The van der Waals surface area contributed by atoms with Crippen molar-refractivity contribution in [2.24, 2.45) is 15.1 Å². The number of benzene rings is 1. The summed E-state index contributed by atoms with van der Waals surface area (Å²) in [5.41, 5.74) is 1.83. The third-order valence-electron chi connectivity index (χ3n) is 2.99. The maximum absolute atomic E-state index is 11.8. The molecule has 0 spiro atoms. The first-order valence-corrected chi connectivity index (χ1v) is 6.98. The molecule has 22 heavy (non-hydrogen) atoms. The molecule has 1 amide bonds. The lowest BCUT2D eigenvalue weighted by molar-refractivity contribution is 0.0526. The van der Waals surface area contributed by atoms with Gasteiger partial charge >= 0.3 is 6.09 Å². The highest BCUT2D eigenvalue weighted by atomic mass is 16.6. The Labute approximate surface area is 128 Å². The molecule has 0 unspecified atom stereocenters. The first kappa shape index (κ1) is 15.9. The van der Waals surface area contributed by atoms with E-state index in [1.807, 2.05) is 24.3 Å². The zero-order valence-electron chi connectivity index (χ0n) is 13.5. The predicted molar refractivity (Wildman–Crippen MR) is 84.2 cm³/mol. The van der Waals surface area contributed by atoms with Gasteiger partial charge in [0.05, 0.1) is 10.7 Å². The molecule has 0 fully saturated rings. The van der Waals surface area contributed by atoms with Crippen LogP contribution in [0.15, 0.2) is 39.4 Å². The maximum Gasteiger partial charge on any atom is 0.428 e. The molecule has 0 saturated carbocycles. The quantitative estimate of drug-likeness (QED) is 0.801. The summed E-state index contributed by atoms with van der Waals surface area (Å²) in [5, 5.41) is 8.01. The molecule has 2 aromatic rings. The molecule has 116 valence electrons. The molecule has 2 rings (SSSR count). The Hall–Kier alpha value is -2.50. The second-order valence-corrected chi connectivity index (χ2v) is 5.76. The van der Waals surface area contributed by atoms with Gasteiger partial charge in [0.1, 0.15) is 11.0 Å². The van der Waals surface area contributed by atoms with E-state index in [1.54, 1.807) is 34.9 Å². The van der Waals surface area contributed by atoms with Gasteiger partial charge in [-0.2, -0.15) is 5.10 Å². The third-order valence-corrected chi connectivity index (χ3v) is 2.99. The maximum atomic E-state index is 11.8. The van der Waals surface area contributed by atoms with E-state index in [1.165, 1.54) is 0 Å². The molecule has 6 nitrogen and oxygen atoms in total. The number of hydrogen-bond donors (Lipinski definition) is 1. The summed E-state index contributed by atoms with van der Waals surface area (Å²) in [6, 6.07) is 7.78. The highest BCUT2D eigenvalue weighted by Gasteiger charge is 2.15. The van der Waals surface area contributed by atoms with Gasteiger partial charge in [0.25, 0.3) is 0 Å². The Morgan fingerprint density at radius 1 is 1.00 bits per heavy atom. The lowest BCUT2D eigenvalue weighted by Gasteiger charge is -2.18. The second-order valence-electron chi connectivity index (χ2n) is 5.76. The van der Waals surface area contributed by atoms with E-state index in [0.29, 0.717) is 16.1 Å². The summed E-state index contributed by atoms with van der Waals surface area (Å²) in [5.74, 6) is 0. The average Bonchev–Trinajstić information content (AvgIpc) is 2.75. The van der Waals surface area contributed by atoms with Gasteiger partial charge in [0.2, 0.25) is 0 Å². The van der Waals surface area contributed by atoms with Crippen molar-refractivity contribution in [2.75, 3.05) is 14.1 Å². The van der Waals surface area contributed by atoms with Crippen LogP contribution >= 0.6 is 0 Å². The molecule has 0 radical (unpaired) electrons. The number of amides is 1. The zero-order valence-corrected chi connectivity index (χ0v) is 13.5. The number of hydrogen-bond acceptors (Lipinski definition) is 5. The van der Waals surface area contributed by atoms with Crippen LogP contribution in [-0.2, 0) is 4.74 Å². The fraction of sp³-hybridized carbons (Fsp3) is 0.375. The van der Waals surface area contributed by atoms with E-state index in [0.717, 1.165) is 10.8 Å². The molecule has 2 aromatic carbocycles. The van der Waals surface area contributed by atoms with E-state index >= 15 is 0 Å². The van der Waals surface area contributed by atoms with Crippen molar-refractivity contribution in [2.45, 2.75) is 26.4 Å². The van der Waals surface area contributed by atoms with Crippen molar-refractivity contribution in [1.29, 1.82) is 0 Å². The van der Waals surface area contributed by atoms with E-state index in [2.05, 4.69) is 20.5 Å². The molecular formula is C16H20N4O2. The minimum absolute atomic E-state index is 0.539. The number of nitrogens with one attached hydrogen (secondary N) is 1. The Morgan fingerprint density at radius 3 is 1.91 bits per heavy atom. The van der Waals surface area contributed by atoms with Gasteiger partial charge in [-0.15, -0.1) is 0 Å². The lowest BCUT2D eigenvalue weighted by atomic mass is 10.2. The van der Waals surface area contributed by atoms with Crippen LogP contribution < -0.4 is 21.5 Å². The molecule has 0 atom stereocenters.